The van der Waals surface area contributed by atoms with Crippen LogP contribution in [0, 0.1) is 12.7 Å². The molecule has 0 heterocycles. The number of alkyl halides is 1. The van der Waals surface area contributed by atoms with E-state index in [9.17, 15) is 4.39 Å². The van der Waals surface area contributed by atoms with Crippen LogP contribution in [0.5, 0.6) is 0 Å². The summed E-state index contributed by atoms with van der Waals surface area (Å²) in [5, 5.41) is 7.90. The number of rotatable bonds is 3. The Hall–Kier alpha value is -1.74. The van der Waals surface area contributed by atoms with Gasteiger partial charge in [-0.25, -0.2) is 4.39 Å². The molecule has 2 nitrogen and oxygen atoms in total. The van der Waals surface area contributed by atoms with Gasteiger partial charge in [-0.05, 0) is 25.1 Å². The fourth-order valence-corrected chi connectivity index (χ4v) is 1.68. The van der Waals surface area contributed by atoms with Crippen LogP contribution in [0.15, 0.2) is 58.8 Å². The van der Waals surface area contributed by atoms with Gasteiger partial charge in [0.2, 0.25) is 0 Å². The van der Waals surface area contributed by atoms with Crippen LogP contribution < -0.4 is 0 Å². The highest BCUT2D eigenvalue weighted by atomic mass is 35.5. The zero-order valence-electron chi connectivity index (χ0n) is 9.85. The molecule has 0 aliphatic rings. The van der Waals surface area contributed by atoms with Crippen molar-refractivity contribution in [1.82, 2.24) is 0 Å². The van der Waals surface area contributed by atoms with Crippen LogP contribution in [0.1, 0.15) is 16.6 Å². The summed E-state index contributed by atoms with van der Waals surface area (Å²) >= 11 is 5.99. The lowest BCUT2D eigenvalue weighted by Crippen LogP contribution is -1.90. The standard InChI is InChI=1S/C14H12ClFN2/c1-10-6-8-11(9-7-10)17-18-14(15)12-4-2-3-5-13(12)16/h2-9,14H,1H3. The average molecular weight is 263 g/mol. The van der Waals surface area contributed by atoms with E-state index < -0.39 is 5.50 Å². The van der Waals surface area contributed by atoms with E-state index in [1.54, 1.807) is 18.2 Å². The number of halogens is 2. The van der Waals surface area contributed by atoms with Crippen LogP contribution in [0.4, 0.5) is 10.1 Å². The van der Waals surface area contributed by atoms with Gasteiger partial charge in [-0.15, -0.1) is 0 Å². The molecule has 1 atom stereocenters. The molecule has 0 saturated heterocycles. The third-order valence-corrected chi connectivity index (χ3v) is 2.79. The van der Waals surface area contributed by atoms with E-state index in [4.69, 9.17) is 11.6 Å². The summed E-state index contributed by atoms with van der Waals surface area (Å²) in [6, 6.07) is 13.8. The van der Waals surface area contributed by atoms with Crippen LogP contribution in [0.2, 0.25) is 0 Å². The molecule has 0 spiro atoms. The summed E-state index contributed by atoms with van der Waals surface area (Å²) in [5.41, 5.74) is 1.36. The molecule has 2 aromatic rings. The van der Waals surface area contributed by atoms with Crippen molar-refractivity contribution in [2.24, 2.45) is 10.2 Å². The van der Waals surface area contributed by atoms with Crippen LogP contribution in [-0.4, -0.2) is 0 Å². The molecular formula is C14H12ClFN2. The topological polar surface area (TPSA) is 24.7 Å². The summed E-state index contributed by atoms with van der Waals surface area (Å²) in [7, 11) is 0. The van der Waals surface area contributed by atoms with Crippen LogP contribution >= 0.6 is 11.6 Å². The first-order valence-corrected chi connectivity index (χ1v) is 5.96. The first kappa shape index (κ1) is 12.7. The van der Waals surface area contributed by atoms with Gasteiger partial charge in [0.25, 0.3) is 0 Å². The predicted octanol–water partition coefficient (Wildman–Crippen LogP) is 5.16. The molecule has 0 aromatic heterocycles. The molecule has 1 unspecified atom stereocenters. The molecule has 0 aliphatic heterocycles. The highest BCUT2D eigenvalue weighted by molar-refractivity contribution is 6.20. The van der Waals surface area contributed by atoms with Crippen molar-refractivity contribution in [2.75, 3.05) is 0 Å². The quantitative estimate of drug-likeness (QED) is 0.415. The highest BCUT2D eigenvalue weighted by Gasteiger charge is 2.10. The van der Waals surface area contributed by atoms with E-state index >= 15 is 0 Å². The van der Waals surface area contributed by atoms with E-state index in [0.29, 0.717) is 11.3 Å². The number of nitrogens with zero attached hydrogens (tertiary/aromatic N) is 2. The lowest BCUT2D eigenvalue weighted by atomic mass is 10.2. The van der Waals surface area contributed by atoms with Crippen molar-refractivity contribution in [3.8, 4) is 0 Å². The lowest BCUT2D eigenvalue weighted by Gasteiger charge is -2.04. The lowest BCUT2D eigenvalue weighted by molar-refractivity contribution is 0.606. The molecule has 0 amide bonds. The van der Waals surface area contributed by atoms with Gasteiger partial charge in [0.15, 0.2) is 5.50 Å². The Morgan fingerprint density at radius 1 is 1.06 bits per heavy atom. The van der Waals surface area contributed by atoms with Crippen molar-refractivity contribution in [2.45, 2.75) is 12.4 Å². The molecule has 0 bridgehead atoms. The van der Waals surface area contributed by atoms with Crippen LogP contribution in [0.25, 0.3) is 0 Å². The summed E-state index contributed by atoms with van der Waals surface area (Å²) in [6.45, 7) is 1.99. The van der Waals surface area contributed by atoms with Crippen LogP contribution in [-0.2, 0) is 0 Å². The number of aryl methyl sites for hydroxylation is 1. The Kier molecular flexibility index (Phi) is 4.05. The number of hydrogen-bond acceptors (Lipinski definition) is 2. The fourth-order valence-electron chi connectivity index (χ4n) is 1.46. The molecule has 18 heavy (non-hydrogen) atoms. The minimum atomic E-state index is -0.812. The number of azo groups is 1. The molecule has 0 aliphatic carbocycles. The second kappa shape index (κ2) is 5.74. The van der Waals surface area contributed by atoms with Gasteiger partial charge in [-0.1, -0.05) is 47.5 Å². The van der Waals surface area contributed by atoms with Gasteiger partial charge in [0.1, 0.15) is 5.82 Å². The Morgan fingerprint density at radius 3 is 2.39 bits per heavy atom. The smallest absolute Gasteiger partial charge is 0.172 e. The molecular weight excluding hydrogens is 251 g/mol. The third kappa shape index (κ3) is 3.14. The molecule has 2 aromatic carbocycles. The second-order valence-corrected chi connectivity index (χ2v) is 4.32. The summed E-state index contributed by atoms with van der Waals surface area (Å²) < 4.78 is 13.4. The Labute approximate surface area is 110 Å². The first-order chi connectivity index (χ1) is 8.66. The van der Waals surface area contributed by atoms with Gasteiger partial charge in [0.05, 0.1) is 5.69 Å². The first-order valence-electron chi connectivity index (χ1n) is 5.53. The van der Waals surface area contributed by atoms with Crippen molar-refractivity contribution < 1.29 is 4.39 Å². The normalized spacial score (nSPS) is 12.8. The minimum absolute atomic E-state index is 0.329. The van der Waals surface area contributed by atoms with Gasteiger partial charge in [-0.2, -0.15) is 10.2 Å². The van der Waals surface area contributed by atoms with Crippen LogP contribution in [0.3, 0.4) is 0 Å². The maximum absolute atomic E-state index is 13.4. The van der Waals surface area contributed by atoms with E-state index in [2.05, 4.69) is 10.2 Å². The average Bonchev–Trinajstić information content (AvgIpc) is 2.38. The van der Waals surface area contributed by atoms with E-state index in [-0.39, 0.29) is 5.82 Å². The molecule has 0 N–H and O–H groups in total. The largest absolute Gasteiger partial charge is 0.207 e. The third-order valence-electron chi connectivity index (χ3n) is 2.47. The zero-order chi connectivity index (χ0) is 13.0. The number of benzene rings is 2. The monoisotopic (exact) mass is 262 g/mol. The van der Waals surface area contributed by atoms with Gasteiger partial charge in [-0.3, -0.25) is 0 Å². The Balaban J connectivity index is 2.14. The predicted molar refractivity (Wildman–Crippen MR) is 70.7 cm³/mol. The zero-order valence-corrected chi connectivity index (χ0v) is 10.6. The Bertz CT molecular complexity index is 552. The molecule has 4 heteroatoms. The SMILES string of the molecule is Cc1ccc(N=NC(Cl)c2ccccc2F)cc1. The van der Waals surface area contributed by atoms with Gasteiger partial charge < -0.3 is 0 Å². The molecule has 92 valence electrons. The summed E-state index contributed by atoms with van der Waals surface area (Å²) in [5.74, 6) is -0.375. The van der Waals surface area contributed by atoms with Crippen molar-refractivity contribution in [3.63, 3.8) is 0 Å². The van der Waals surface area contributed by atoms with Crippen molar-refractivity contribution in [3.05, 3.63) is 65.5 Å². The highest BCUT2D eigenvalue weighted by Crippen LogP contribution is 2.26. The second-order valence-electron chi connectivity index (χ2n) is 3.91. The van der Waals surface area contributed by atoms with Gasteiger partial charge in [0, 0.05) is 5.56 Å². The minimum Gasteiger partial charge on any atom is -0.207 e. The fraction of sp³-hybridized carbons (Fsp3) is 0.143. The summed E-state index contributed by atoms with van der Waals surface area (Å²) in [4.78, 5) is 0. The molecule has 0 saturated carbocycles. The summed E-state index contributed by atoms with van der Waals surface area (Å²) in [6.07, 6.45) is 0. The molecule has 0 fully saturated rings. The van der Waals surface area contributed by atoms with Gasteiger partial charge >= 0.3 is 0 Å². The van der Waals surface area contributed by atoms with E-state index in [1.165, 1.54) is 6.07 Å². The van der Waals surface area contributed by atoms with Crippen molar-refractivity contribution >= 4 is 17.3 Å². The molecule has 0 radical (unpaired) electrons. The maximum Gasteiger partial charge on any atom is 0.172 e. The maximum atomic E-state index is 13.4. The Morgan fingerprint density at radius 2 is 1.72 bits per heavy atom. The van der Waals surface area contributed by atoms with E-state index in [1.807, 2.05) is 31.2 Å². The van der Waals surface area contributed by atoms with Crippen molar-refractivity contribution in [1.29, 1.82) is 0 Å². The number of hydrogen-bond donors (Lipinski definition) is 0. The molecule has 2 rings (SSSR count). The van der Waals surface area contributed by atoms with E-state index in [0.717, 1.165) is 5.56 Å².